The number of halogens is 5. The van der Waals surface area contributed by atoms with Crippen molar-refractivity contribution in [1.29, 1.82) is 0 Å². The number of nitrogens with zero attached hydrogens (tertiary/aromatic N) is 1. The van der Waals surface area contributed by atoms with Gasteiger partial charge in [0.25, 0.3) is 18.4 Å². The van der Waals surface area contributed by atoms with E-state index in [0.29, 0.717) is 0 Å². The summed E-state index contributed by atoms with van der Waals surface area (Å²) in [5, 5.41) is 19.4. The molecule has 0 aromatic heterocycles. The van der Waals surface area contributed by atoms with Gasteiger partial charge in [0.1, 0.15) is 11.4 Å². The third-order valence-corrected chi connectivity index (χ3v) is 3.28. The van der Waals surface area contributed by atoms with Crippen LogP contribution in [0.1, 0.15) is 16.8 Å². The van der Waals surface area contributed by atoms with Gasteiger partial charge in [0.05, 0.1) is 12.0 Å². The van der Waals surface area contributed by atoms with Crippen molar-refractivity contribution in [3.63, 3.8) is 0 Å². The van der Waals surface area contributed by atoms with Gasteiger partial charge in [0.2, 0.25) is 5.72 Å². The van der Waals surface area contributed by atoms with Crippen LogP contribution in [0, 0.1) is 0 Å². The van der Waals surface area contributed by atoms with Gasteiger partial charge in [-0.3, -0.25) is 10.2 Å². The lowest BCUT2D eigenvalue weighted by Gasteiger charge is -2.31. The first-order valence-corrected chi connectivity index (χ1v) is 6.19. The van der Waals surface area contributed by atoms with Crippen LogP contribution in [-0.4, -0.2) is 33.3 Å². The van der Waals surface area contributed by atoms with E-state index in [4.69, 9.17) is 11.6 Å². The highest BCUT2D eigenvalue weighted by Gasteiger charge is 2.53. The molecule has 1 aliphatic rings. The number of benzene rings is 1. The molecule has 1 unspecified atom stereocenters. The van der Waals surface area contributed by atoms with Gasteiger partial charge in [-0.2, -0.15) is 8.78 Å². The van der Waals surface area contributed by atoms with Crippen LogP contribution in [0.15, 0.2) is 30.0 Å². The molecule has 1 aliphatic heterocycles. The quantitative estimate of drug-likeness (QED) is 0.723. The Labute approximate surface area is 126 Å². The molecule has 1 fully saturated rings. The molecule has 0 bridgehead atoms. The minimum Gasteiger partial charge on any atom is -0.507 e. The van der Waals surface area contributed by atoms with Gasteiger partial charge in [0.15, 0.2) is 0 Å². The molecule has 0 radical (unpaired) electrons. The number of aliphatic hydroxyl groups is 1. The zero-order chi connectivity index (χ0) is 16.7. The fraction of sp³-hybridized carbons (Fsp3) is 0.250. The second-order valence-corrected chi connectivity index (χ2v) is 4.95. The fourth-order valence-corrected chi connectivity index (χ4v) is 2.09. The standard InChI is InChI=1S/C12H9ClF4N2O3/c13-5-1-2-8(20)6(3-5)10(21)19-12(22,11(16)17)4-7(18-19)9(14)15/h1-3,11,18,20,22H,4H2. The maximum absolute atomic E-state index is 13.0. The van der Waals surface area contributed by atoms with Crippen molar-refractivity contribution in [1.82, 2.24) is 10.4 Å². The minimum atomic E-state index is -3.53. The van der Waals surface area contributed by atoms with Gasteiger partial charge in [-0.05, 0) is 18.2 Å². The zero-order valence-electron chi connectivity index (χ0n) is 10.7. The number of carbonyl (C=O) groups excluding carboxylic acids is 1. The van der Waals surface area contributed by atoms with Crippen LogP contribution in [-0.2, 0) is 0 Å². The average Bonchev–Trinajstić information content (AvgIpc) is 2.80. The van der Waals surface area contributed by atoms with Crippen molar-refractivity contribution in [3.8, 4) is 5.75 Å². The van der Waals surface area contributed by atoms with E-state index in [9.17, 15) is 32.6 Å². The molecule has 3 N–H and O–H groups in total. The summed E-state index contributed by atoms with van der Waals surface area (Å²) in [6.07, 6.45) is -7.05. The van der Waals surface area contributed by atoms with E-state index in [1.165, 1.54) is 6.07 Å². The van der Waals surface area contributed by atoms with Crippen LogP contribution in [0.5, 0.6) is 5.75 Å². The number of phenolic OH excluding ortho intramolecular Hbond substituents is 1. The predicted octanol–water partition coefficient (Wildman–Crippen LogP) is 2.46. The molecule has 10 heteroatoms. The first-order chi connectivity index (χ1) is 10.2. The molecule has 1 heterocycles. The molecule has 1 saturated heterocycles. The van der Waals surface area contributed by atoms with Gasteiger partial charge >= 0.3 is 0 Å². The van der Waals surface area contributed by atoms with Gasteiger partial charge in [0, 0.05) is 5.02 Å². The summed E-state index contributed by atoms with van der Waals surface area (Å²) in [4.78, 5) is 12.2. The molecule has 1 aromatic carbocycles. The lowest BCUT2D eigenvalue weighted by molar-refractivity contribution is -0.168. The molecule has 0 spiro atoms. The SMILES string of the molecule is O=C(c1cc(Cl)ccc1O)N1NC(=C(F)F)CC1(O)C(F)F. The highest BCUT2D eigenvalue weighted by Crippen LogP contribution is 2.36. The molecule has 120 valence electrons. The van der Waals surface area contributed by atoms with E-state index in [1.54, 1.807) is 5.43 Å². The molecule has 1 amide bonds. The van der Waals surface area contributed by atoms with Gasteiger partial charge in [-0.25, -0.2) is 13.8 Å². The lowest BCUT2D eigenvalue weighted by Crippen LogP contribution is -2.55. The molecule has 1 atom stereocenters. The Balaban J connectivity index is 2.47. The number of aromatic hydroxyl groups is 1. The number of amides is 1. The maximum atomic E-state index is 13.0. The van der Waals surface area contributed by atoms with Crippen LogP contribution in [0.4, 0.5) is 17.6 Å². The van der Waals surface area contributed by atoms with Gasteiger partial charge in [-0.15, -0.1) is 0 Å². The molecule has 22 heavy (non-hydrogen) atoms. The van der Waals surface area contributed by atoms with Crippen molar-refractivity contribution < 1.29 is 32.6 Å². The zero-order valence-corrected chi connectivity index (χ0v) is 11.4. The van der Waals surface area contributed by atoms with E-state index >= 15 is 0 Å². The largest absolute Gasteiger partial charge is 0.507 e. The number of alkyl halides is 2. The predicted molar refractivity (Wildman–Crippen MR) is 67.2 cm³/mol. The van der Waals surface area contributed by atoms with E-state index in [-0.39, 0.29) is 10.0 Å². The second kappa shape index (κ2) is 5.65. The van der Waals surface area contributed by atoms with Crippen molar-refractivity contribution >= 4 is 17.5 Å². The first kappa shape index (κ1) is 16.4. The van der Waals surface area contributed by atoms with Crippen LogP contribution in [0.25, 0.3) is 0 Å². The number of hydrogen-bond donors (Lipinski definition) is 3. The highest BCUT2D eigenvalue weighted by molar-refractivity contribution is 6.31. The molecular formula is C12H9ClF4N2O3. The van der Waals surface area contributed by atoms with Crippen LogP contribution < -0.4 is 5.43 Å². The fourth-order valence-electron chi connectivity index (χ4n) is 1.92. The number of nitrogens with one attached hydrogen (secondary N) is 1. The summed E-state index contributed by atoms with van der Waals surface area (Å²) in [7, 11) is 0. The summed E-state index contributed by atoms with van der Waals surface area (Å²) in [6, 6.07) is 3.22. The smallest absolute Gasteiger partial charge is 0.291 e. The first-order valence-electron chi connectivity index (χ1n) is 5.81. The second-order valence-electron chi connectivity index (χ2n) is 4.51. The molecule has 0 aliphatic carbocycles. The Hall–Kier alpha value is -2.00. The van der Waals surface area contributed by atoms with E-state index in [2.05, 4.69) is 0 Å². The van der Waals surface area contributed by atoms with Crippen LogP contribution >= 0.6 is 11.6 Å². The maximum Gasteiger partial charge on any atom is 0.291 e. The third kappa shape index (κ3) is 2.69. The topological polar surface area (TPSA) is 72.8 Å². The normalized spacial score (nSPS) is 21.2. The molecule has 2 rings (SSSR count). The number of hydrogen-bond acceptors (Lipinski definition) is 4. The van der Waals surface area contributed by atoms with E-state index < -0.39 is 47.6 Å². The Morgan fingerprint density at radius 1 is 1.41 bits per heavy atom. The highest BCUT2D eigenvalue weighted by atomic mass is 35.5. The number of hydrazine groups is 1. The molecule has 1 aromatic rings. The molecule has 0 saturated carbocycles. The van der Waals surface area contributed by atoms with Crippen molar-refractivity contribution in [2.45, 2.75) is 18.6 Å². The number of carbonyl (C=O) groups is 1. The Morgan fingerprint density at radius 2 is 2.05 bits per heavy atom. The van der Waals surface area contributed by atoms with Crippen LogP contribution in [0.2, 0.25) is 5.02 Å². The van der Waals surface area contributed by atoms with Gasteiger partial charge < -0.3 is 10.2 Å². The Morgan fingerprint density at radius 3 is 2.59 bits per heavy atom. The molecular weight excluding hydrogens is 332 g/mol. The Kier molecular flexibility index (Phi) is 4.21. The summed E-state index contributed by atoms with van der Waals surface area (Å²) in [5.41, 5.74) is -2.98. The van der Waals surface area contributed by atoms with Gasteiger partial charge in [-0.1, -0.05) is 11.6 Å². The van der Waals surface area contributed by atoms with Crippen molar-refractivity contribution in [2.24, 2.45) is 0 Å². The van der Waals surface area contributed by atoms with Crippen molar-refractivity contribution in [3.05, 3.63) is 40.6 Å². The van der Waals surface area contributed by atoms with Crippen molar-refractivity contribution in [2.75, 3.05) is 0 Å². The molecule has 5 nitrogen and oxygen atoms in total. The summed E-state index contributed by atoms with van der Waals surface area (Å²) < 4.78 is 51.2. The summed E-state index contributed by atoms with van der Waals surface area (Å²) >= 11 is 5.64. The van der Waals surface area contributed by atoms with E-state index in [0.717, 1.165) is 12.1 Å². The summed E-state index contributed by atoms with van der Waals surface area (Å²) in [5.74, 6) is -1.94. The van der Waals surface area contributed by atoms with E-state index in [1.807, 2.05) is 0 Å². The monoisotopic (exact) mass is 340 g/mol. The number of phenols is 1. The lowest BCUT2D eigenvalue weighted by atomic mass is 10.1. The summed E-state index contributed by atoms with van der Waals surface area (Å²) in [6.45, 7) is 0. The minimum absolute atomic E-state index is 0.00775. The number of rotatable bonds is 2. The third-order valence-electron chi connectivity index (χ3n) is 3.04. The van der Waals surface area contributed by atoms with Crippen LogP contribution in [0.3, 0.4) is 0 Å². The Bertz CT molecular complexity index is 651. The average molecular weight is 341 g/mol.